The van der Waals surface area contributed by atoms with E-state index >= 15 is 0 Å². The summed E-state index contributed by atoms with van der Waals surface area (Å²) in [5.41, 5.74) is -0.582. The largest absolute Gasteiger partial charge is 0.390 e. The van der Waals surface area contributed by atoms with Gasteiger partial charge in [0.1, 0.15) is 0 Å². The van der Waals surface area contributed by atoms with Crippen molar-refractivity contribution in [3.63, 3.8) is 0 Å². The van der Waals surface area contributed by atoms with Gasteiger partial charge in [-0.15, -0.1) is 0 Å². The van der Waals surface area contributed by atoms with E-state index in [0.29, 0.717) is 24.2 Å². The van der Waals surface area contributed by atoms with E-state index < -0.39 is 5.60 Å². The molecule has 0 aromatic carbocycles. The summed E-state index contributed by atoms with van der Waals surface area (Å²) in [6.45, 7) is 19.0. The second-order valence-electron chi connectivity index (χ2n) is 8.86. The van der Waals surface area contributed by atoms with Gasteiger partial charge >= 0.3 is 0 Å². The van der Waals surface area contributed by atoms with Crippen LogP contribution in [0.3, 0.4) is 0 Å². The van der Waals surface area contributed by atoms with Crippen molar-refractivity contribution in [2.45, 2.75) is 90.6 Å². The molecule has 2 aliphatic heterocycles. The Labute approximate surface area is 143 Å². The van der Waals surface area contributed by atoms with Crippen LogP contribution in [0, 0.1) is 0 Å². The maximum atomic E-state index is 10.4. The summed E-state index contributed by atoms with van der Waals surface area (Å²) < 4.78 is 0. The van der Waals surface area contributed by atoms with Crippen LogP contribution >= 0.6 is 0 Å². The van der Waals surface area contributed by atoms with Gasteiger partial charge in [-0.05, 0) is 73.9 Å². The molecule has 0 amide bonds. The molecule has 0 radical (unpaired) electrons. The van der Waals surface area contributed by atoms with E-state index in [1.165, 1.54) is 32.5 Å². The van der Waals surface area contributed by atoms with Crippen LogP contribution in [0.2, 0.25) is 0 Å². The Kier molecular flexibility index (Phi) is 6.51. The fourth-order valence-corrected chi connectivity index (χ4v) is 4.34. The molecule has 2 heterocycles. The number of piperidine rings is 1. The zero-order valence-corrected chi connectivity index (χ0v) is 16.3. The third-order valence-electron chi connectivity index (χ3n) is 5.72. The summed E-state index contributed by atoms with van der Waals surface area (Å²) in [6.07, 6.45) is 3.44. The lowest BCUT2D eigenvalue weighted by molar-refractivity contribution is -0.0356. The highest BCUT2D eigenvalue weighted by Gasteiger charge is 2.36. The van der Waals surface area contributed by atoms with Crippen LogP contribution in [0.25, 0.3) is 0 Å². The molecular weight excluding hydrogens is 286 g/mol. The molecule has 0 aliphatic carbocycles. The van der Waals surface area contributed by atoms with Gasteiger partial charge in [0, 0.05) is 43.8 Å². The van der Waals surface area contributed by atoms with E-state index in [2.05, 4.69) is 42.4 Å². The second kappa shape index (κ2) is 7.81. The molecule has 0 bridgehead atoms. The van der Waals surface area contributed by atoms with Crippen molar-refractivity contribution >= 4 is 0 Å². The highest BCUT2D eigenvalue weighted by atomic mass is 16.3. The standard InChI is InChI=1S/C19H39N3O/c1-15(2)20-9-7-17(8-10-20)22-12-11-21(16(3)4)14-18(22)13-19(5,6)23/h15-18,23H,7-14H2,1-6H3/t18-/m0/s1. The van der Waals surface area contributed by atoms with Gasteiger partial charge in [0.05, 0.1) is 5.60 Å². The lowest BCUT2D eigenvalue weighted by atomic mass is 9.92. The monoisotopic (exact) mass is 325 g/mol. The minimum absolute atomic E-state index is 0.488. The Bertz CT molecular complexity index is 356. The fraction of sp³-hybridized carbons (Fsp3) is 1.00. The maximum Gasteiger partial charge on any atom is 0.0607 e. The van der Waals surface area contributed by atoms with Crippen molar-refractivity contribution in [1.82, 2.24) is 14.7 Å². The van der Waals surface area contributed by atoms with Crippen molar-refractivity contribution in [2.75, 3.05) is 32.7 Å². The molecule has 4 nitrogen and oxygen atoms in total. The number of rotatable bonds is 5. The highest BCUT2D eigenvalue weighted by Crippen LogP contribution is 2.27. The Morgan fingerprint density at radius 2 is 1.48 bits per heavy atom. The van der Waals surface area contributed by atoms with E-state index in [1.54, 1.807) is 0 Å². The molecule has 0 aromatic heterocycles. The van der Waals surface area contributed by atoms with Crippen molar-refractivity contribution in [1.29, 1.82) is 0 Å². The number of hydrogen-bond acceptors (Lipinski definition) is 4. The quantitative estimate of drug-likeness (QED) is 0.841. The Morgan fingerprint density at radius 3 is 1.96 bits per heavy atom. The van der Waals surface area contributed by atoms with Crippen molar-refractivity contribution in [3.8, 4) is 0 Å². The summed E-state index contributed by atoms with van der Waals surface area (Å²) in [7, 11) is 0. The first-order valence-corrected chi connectivity index (χ1v) is 9.63. The van der Waals surface area contributed by atoms with Crippen LogP contribution in [0.5, 0.6) is 0 Å². The Morgan fingerprint density at radius 1 is 0.913 bits per heavy atom. The van der Waals surface area contributed by atoms with E-state index in [1.807, 2.05) is 13.8 Å². The first-order valence-electron chi connectivity index (χ1n) is 9.63. The second-order valence-corrected chi connectivity index (χ2v) is 8.86. The van der Waals surface area contributed by atoms with Crippen molar-refractivity contribution in [2.24, 2.45) is 0 Å². The van der Waals surface area contributed by atoms with E-state index in [9.17, 15) is 5.11 Å². The first-order chi connectivity index (χ1) is 10.7. The third-order valence-corrected chi connectivity index (χ3v) is 5.72. The third kappa shape index (κ3) is 5.42. The zero-order valence-electron chi connectivity index (χ0n) is 16.3. The Hall–Kier alpha value is -0.160. The van der Waals surface area contributed by atoms with Crippen molar-refractivity contribution < 1.29 is 5.11 Å². The van der Waals surface area contributed by atoms with Gasteiger partial charge in [0.15, 0.2) is 0 Å². The average Bonchev–Trinajstić information content (AvgIpc) is 2.45. The molecule has 2 saturated heterocycles. The molecule has 136 valence electrons. The molecule has 0 spiro atoms. The average molecular weight is 326 g/mol. The van der Waals surface area contributed by atoms with Crippen LogP contribution in [-0.2, 0) is 0 Å². The summed E-state index contributed by atoms with van der Waals surface area (Å²) >= 11 is 0. The predicted molar refractivity (Wildman–Crippen MR) is 97.8 cm³/mol. The summed E-state index contributed by atoms with van der Waals surface area (Å²) in [6, 6.07) is 2.46. The number of likely N-dealkylation sites (tertiary alicyclic amines) is 1. The van der Waals surface area contributed by atoms with E-state index in [4.69, 9.17) is 0 Å². The molecule has 0 aromatic rings. The first kappa shape index (κ1) is 19.2. The van der Waals surface area contributed by atoms with E-state index in [0.717, 1.165) is 19.5 Å². The van der Waals surface area contributed by atoms with Crippen LogP contribution in [-0.4, -0.2) is 82.3 Å². The number of aliphatic hydroxyl groups is 1. The van der Waals surface area contributed by atoms with Crippen LogP contribution in [0.1, 0.15) is 60.8 Å². The van der Waals surface area contributed by atoms with Crippen molar-refractivity contribution in [3.05, 3.63) is 0 Å². The normalized spacial score (nSPS) is 27.3. The van der Waals surface area contributed by atoms with Crippen LogP contribution in [0.15, 0.2) is 0 Å². The summed E-state index contributed by atoms with van der Waals surface area (Å²) in [5.74, 6) is 0. The number of nitrogens with zero attached hydrogens (tertiary/aromatic N) is 3. The Balaban J connectivity index is 2.00. The minimum Gasteiger partial charge on any atom is -0.390 e. The lowest BCUT2D eigenvalue weighted by Crippen LogP contribution is -2.60. The van der Waals surface area contributed by atoms with Gasteiger partial charge < -0.3 is 10.0 Å². The smallest absolute Gasteiger partial charge is 0.0607 e. The van der Waals surface area contributed by atoms with Gasteiger partial charge in [0.2, 0.25) is 0 Å². The fourth-order valence-electron chi connectivity index (χ4n) is 4.34. The molecule has 1 atom stereocenters. The summed E-state index contributed by atoms with van der Waals surface area (Å²) in [5, 5.41) is 10.4. The summed E-state index contributed by atoms with van der Waals surface area (Å²) in [4.78, 5) is 7.91. The lowest BCUT2D eigenvalue weighted by Gasteiger charge is -2.50. The molecule has 2 fully saturated rings. The van der Waals surface area contributed by atoms with Crippen LogP contribution in [0.4, 0.5) is 0 Å². The van der Waals surface area contributed by atoms with E-state index in [-0.39, 0.29) is 0 Å². The van der Waals surface area contributed by atoms with Gasteiger partial charge in [-0.3, -0.25) is 9.80 Å². The molecule has 1 N–H and O–H groups in total. The van der Waals surface area contributed by atoms with Gasteiger partial charge in [-0.25, -0.2) is 0 Å². The highest BCUT2D eigenvalue weighted by molar-refractivity contribution is 4.92. The molecular formula is C19H39N3O. The molecule has 0 saturated carbocycles. The molecule has 0 unspecified atom stereocenters. The molecule has 2 aliphatic rings. The van der Waals surface area contributed by atoms with Gasteiger partial charge in [0.25, 0.3) is 0 Å². The van der Waals surface area contributed by atoms with Gasteiger partial charge in [-0.1, -0.05) is 0 Å². The number of piperazine rings is 1. The number of hydrogen-bond donors (Lipinski definition) is 1. The molecule has 4 heteroatoms. The predicted octanol–water partition coefficient (Wildman–Crippen LogP) is 2.41. The SMILES string of the molecule is CC(C)N1CCC(N2CCN(C(C)C)C[C@@H]2CC(C)(C)O)CC1. The minimum atomic E-state index is -0.582. The van der Waals surface area contributed by atoms with Crippen LogP contribution < -0.4 is 0 Å². The maximum absolute atomic E-state index is 10.4. The molecule has 23 heavy (non-hydrogen) atoms. The molecule has 2 rings (SSSR count). The van der Waals surface area contributed by atoms with Gasteiger partial charge in [-0.2, -0.15) is 0 Å². The zero-order chi connectivity index (χ0) is 17.2. The topological polar surface area (TPSA) is 30.0 Å².